The monoisotopic (exact) mass is 384 g/mol. The van der Waals surface area contributed by atoms with Crippen LogP contribution in [-0.2, 0) is 4.79 Å². The number of anilines is 1. The third kappa shape index (κ3) is 4.73. The zero-order valence-corrected chi connectivity index (χ0v) is 15.8. The summed E-state index contributed by atoms with van der Waals surface area (Å²) in [6.07, 6.45) is 0.311. The molecular formula is C21H24N2O5. The second-order valence-electron chi connectivity index (χ2n) is 6.47. The highest BCUT2D eigenvalue weighted by molar-refractivity contribution is 5.88. The molecule has 2 aromatic carbocycles. The van der Waals surface area contributed by atoms with E-state index in [4.69, 9.17) is 14.6 Å². The van der Waals surface area contributed by atoms with Crippen molar-refractivity contribution in [1.29, 1.82) is 0 Å². The van der Waals surface area contributed by atoms with Crippen LogP contribution in [-0.4, -0.2) is 61.8 Å². The number of carboxylic acid groups (broad SMARTS) is 1. The van der Waals surface area contributed by atoms with Gasteiger partial charge in [-0.25, -0.2) is 4.79 Å². The van der Waals surface area contributed by atoms with Crippen molar-refractivity contribution in [2.75, 3.05) is 44.8 Å². The zero-order chi connectivity index (χ0) is 19.9. The number of methoxy groups -OCH3 is 1. The second kappa shape index (κ2) is 9.12. The molecule has 28 heavy (non-hydrogen) atoms. The number of ether oxygens (including phenoxy) is 2. The molecule has 0 radical (unpaired) electrons. The van der Waals surface area contributed by atoms with Crippen LogP contribution in [0.15, 0.2) is 48.5 Å². The highest BCUT2D eigenvalue weighted by Gasteiger charge is 2.21. The van der Waals surface area contributed by atoms with Crippen molar-refractivity contribution in [2.24, 2.45) is 0 Å². The first-order valence-electron chi connectivity index (χ1n) is 9.20. The summed E-state index contributed by atoms with van der Waals surface area (Å²) in [6.45, 7) is 3.00. The normalized spacial score (nSPS) is 13.9. The third-order valence-corrected chi connectivity index (χ3v) is 4.75. The minimum absolute atomic E-state index is 0.0655. The summed E-state index contributed by atoms with van der Waals surface area (Å²) in [5, 5.41) is 8.98. The molecule has 1 amide bonds. The van der Waals surface area contributed by atoms with E-state index in [-0.39, 0.29) is 11.5 Å². The molecule has 1 aliphatic rings. The number of carboxylic acids is 1. The lowest BCUT2D eigenvalue weighted by atomic mass is 10.2. The topological polar surface area (TPSA) is 79.3 Å². The number of nitrogens with zero attached hydrogens (tertiary/aromatic N) is 2. The van der Waals surface area contributed by atoms with Gasteiger partial charge in [-0.05, 0) is 36.4 Å². The number of rotatable bonds is 7. The van der Waals surface area contributed by atoms with Crippen LogP contribution in [0, 0.1) is 0 Å². The number of aromatic carboxylic acids is 1. The minimum atomic E-state index is -0.933. The van der Waals surface area contributed by atoms with Crippen LogP contribution >= 0.6 is 0 Å². The lowest BCUT2D eigenvalue weighted by Gasteiger charge is -2.36. The van der Waals surface area contributed by atoms with Crippen molar-refractivity contribution >= 4 is 17.6 Å². The Hall–Kier alpha value is -3.22. The summed E-state index contributed by atoms with van der Waals surface area (Å²) in [6, 6.07) is 14.2. The van der Waals surface area contributed by atoms with Crippen molar-refractivity contribution < 1.29 is 24.2 Å². The molecule has 2 aromatic rings. The maximum absolute atomic E-state index is 12.4. The van der Waals surface area contributed by atoms with Gasteiger partial charge in [0.15, 0.2) is 11.5 Å². The van der Waals surface area contributed by atoms with Gasteiger partial charge >= 0.3 is 5.97 Å². The van der Waals surface area contributed by atoms with E-state index in [0.717, 1.165) is 5.69 Å². The average Bonchev–Trinajstić information content (AvgIpc) is 2.74. The molecule has 0 spiro atoms. The van der Waals surface area contributed by atoms with Crippen molar-refractivity contribution in [3.63, 3.8) is 0 Å². The number of benzene rings is 2. The minimum Gasteiger partial charge on any atom is -0.493 e. The molecule has 1 aliphatic heterocycles. The fraction of sp³-hybridized carbons (Fsp3) is 0.333. The van der Waals surface area contributed by atoms with Gasteiger partial charge in [-0.1, -0.05) is 12.1 Å². The molecule has 0 saturated carbocycles. The van der Waals surface area contributed by atoms with E-state index in [1.807, 2.05) is 41.3 Å². The van der Waals surface area contributed by atoms with Crippen LogP contribution in [0.4, 0.5) is 5.69 Å². The Morgan fingerprint density at radius 3 is 2.21 bits per heavy atom. The SMILES string of the molecule is COc1ccccc1OCCC(=O)N1CCN(c2ccc(C(=O)O)cc2)CC1. The summed E-state index contributed by atoms with van der Waals surface area (Å²) in [7, 11) is 1.59. The van der Waals surface area contributed by atoms with Gasteiger partial charge < -0.3 is 24.4 Å². The summed E-state index contributed by atoms with van der Waals surface area (Å²) in [4.78, 5) is 27.4. The van der Waals surface area contributed by atoms with E-state index in [0.29, 0.717) is 50.7 Å². The van der Waals surface area contributed by atoms with E-state index in [2.05, 4.69) is 4.90 Å². The molecule has 0 aliphatic carbocycles. The molecule has 1 N–H and O–H groups in total. The molecule has 3 rings (SSSR count). The number of hydrogen-bond acceptors (Lipinski definition) is 5. The van der Waals surface area contributed by atoms with E-state index >= 15 is 0 Å². The predicted molar refractivity (Wildman–Crippen MR) is 105 cm³/mol. The van der Waals surface area contributed by atoms with Crippen molar-refractivity contribution in [1.82, 2.24) is 4.90 Å². The number of amides is 1. The molecule has 0 atom stereocenters. The van der Waals surface area contributed by atoms with Gasteiger partial charge in [0.25, 0.3) is 0 Å². The zero-order valence-electron chi connectivity index (χ0n) is 15.8. The molecule has 7 nitrogen and oxygen atoms in total. The lowest BCUT2D eigenvalue weighted by Crippen LogP contribution is -2.49. The summed E-state index contributed by atoms with van der Waals surface area (Å²) in [5.41, 5.74) is 1.24. The Bertz CT molecular complexity index is 814. The number of para-hydroxylation sites is 2. The molecule has 0 bridgehead atoms. The van der Waals surface area contributed by atoms with Gasteiger partial charge in [-0.3, -0.25) is 4.79 Å². The molecule has 1 saturated heterocycles. The summed E-state index contributed by atoms with van der Waals surface area (Å²) in [5.74, 6) is 0.415. The first-order chi connectivity index (χ1) is 13.6. The van der Waals surface area contributed by atoms with Crippen molar-refractivity contribution in [3.8, 4) is 11.5 Å². The van der Waals surface area contributed by atoms with Gasteiger partial charge in [0.1, 0.15) is 0 Å². The molecule has 148 valence electrons. The number of carbonyl (C=O) groups is 2. The first kappa shape index (κ1) is 19.5. The number of hydrogen-bond donors (Lipinski definition) is 1. The van der Waals surface area contributed by atoms with Gasteiger partial charge in [0, 0.05) is 31.9 Å². The van der Waals surface area contributed by atoms with Gasteiger partial charge in [0.05, 0.1) is 25.7 Å². The van der Waals surface area contributed by atoms with Crippen molar-refractivity contribution in [2.45, 2.75) is 6.42 Å². The highest BCUT2D eigenvalue weighted by atomic mass is 16.5. The third-order valence-electron chi connectivity index (χ3n) is 4.75. The van der Waals surface area contributed by atoms with E-state index in [1.54, 1.807) is 19.2 Å². The largest absolute Gasteiger partial charge is 0.493 e. The summed E-state index contributed by atoms with van der Waals surface area (Å²) < 4.78 is 10.9. The maximum atomic E-state index is 12.4. The van der Waals surface area contributed by atoms with Crippen molar-refractivity contribution in [3.05, 3.63) is 54.1 Å². The average molecular weight is 384 g/mol. The molecular weight excluding hydrogens is 360 g/mol. The molecule has 1 heterocycles. The molecule has 7 heteroatoms. The fourth-order valence-corrected chi connectivity index (χ4v) is 3.17. The Morgan fingerprint density at radius 2 is 1.61 bits per heavy atom. The van der Waals surface area contributed by atoms with Crippen LogP contribution in [0.25, 0.3) is 0 Å². The van der Waals surface area contributed by atoms with Gasteiger partial charge in [-0.15, -0.1) is 0 Å². The van der Waals surface area contributed by atoms with Crippen LogP contribution < -0.4 is 14.4 Å². The molecule has 0 unspecified atom stereocenters. The Labute approximate surface area is 164 Å². The smallest absolute Gasteiger partial charge is 0.335 e. The lowest BCUT2D eigenvalue weighted by molar-refractivity contribution is -0.132. The van der Waals surface area contributed by atoms with E-state index in [9.17, 15) is 9.59 Å². The number of piperazine rings is 1. The van der Waals surface area contributed by atoms with E-state index < -0.39 is 5.97 Å². The Balaban J connectivity index is 1.45. The molecule has 0 aromatic heterocycles. The fourth-order valence-electron chi connectivity index (χ4n) is 3.17. The second-order valence-corrected chi connectivity index (χ2v) is 6.47. The summed E-state index contributed by atoms with van der Waals surface area (Å²) >= 11 is 0. The Kier molecular flexibility index (Phi) is 6.37. The highest BCUT2D eigenvalue weighted by Crippen LogP contribution is 2.26. The van der Waals surface area contributed by atoms with Crippen LogP contribution in [0.3, 0.4) is 0 Å². The molecule has 1 fully saturated rings. The first-order valence-corrected chi connectivity index (χ1v) is 9.20. The van der Waals surface area contributed by atoms with E-state index in [1.165, 1.54) is 0 Å². The quantitative estimate of drug-likeness (QED) is 0.790. The van der Waals surface area contributed by atoms with Crippen LogP contribution in [0.1, 0.15) is 16.8 Å². The Morgan fingerprint density at radius 1 is 0.964 bits per heavy atom. The van der Waals surface area contributed by atoms with Crippen LogP contribution in [0.2, 0.25) is 0 Å². The standard InChI is InChI=1S/C21H24N2O5/c1-27-18-4-2-3-5-19(18)28-15-10-20(24)23-13-11-22(12-14-23)17-8-6-16(7-9-17)21(25)26/h2-9H,10-15H2,1H3,(H,25,26). The predicted octanol–water partition coefficient (Wildman–Crippen LogP) is 2.51. The maximum Gasteiger partial charge on any atom is 0.335 e. The van der Waals surface area contributed by atoms with Gasteiger partial charge in [0.2, 0.25) is 5.91 Å². The number of carbonyl (C=O) groups excluding carboxylic acids is 1. The van der Waals surface area contributed by atoms with Crippen LogP contribution in [0.5, 0.6) is 11.5 Å². The van der Waals surface area contributed by atoms with Gasteiger partial charge in [-0.2, -0.15) is 0 Å².